The summed E-state index contributed by atoms with van der Waals surface area (Å²) in [6.07, 6.45) is 5.10. The number of carbonyl (C=O) groups excluding carboxylic acids is 1. The number of amides is 1. The van der Waals surface area contributed by atoms with Gasteiger partial charge < -0.3 is 19.5 Å². The number of anilines is 1. The zero-order chi connectivity index (χ0) is 28.9. The van der Waals surface area contributed by atoms with Crippen molar-refractivity contribution in [2.75, 3.05) is 32.2 Å². The van der Waals surface area contributed by atoms with Gasteiger partial charge in [0.15, 0.2) is 11.5 Å². The number of carbonyl (C=O) groups is 1. The molecule has 0 spiro atoms. The van der Waals surface area contributed by atoms with E-state index in [9.17, 15) is 13.2 Å². The molecule has 0 saturated carbocycles. The van der Waals surface area contributed by atoms with E-state index < -0.39 is 22.5 Å². The van der Waals surface area contributed by atoms with Crippen LogP contribution in [0.5, 0.6) is 17.2 Å². The molecule has 0 radical (unpaired) electrons. The molecule has 0 bridgehead atoms. The SMILES string of the molecule is CC[C@@H](NC(=O)CN(c1cc(Cl)ccc1OC)S(=O)(=O)c1ccc(OC)c(OC)c1)c1ccc2c(c1)CCCC2. The summed E-state index contributed by atoms with van der Waals surface area (Å²) < 4.78 is 45.2. The molecule has 1 N–H and O–H groups in total. The molecular weight excluding hydrogens is 552 g/mol. The molecule has 0 aromatic heterocycles. The normalized spacial score (nSPS) is 13.6. The number of nitrogens with one attached hydrogen (secondary N) is 1. The van der Waals surface area contributed by atoms with Crippen LogP contribution in [0.15, 0.2) is 59.5 Å². The summed E-state index contributed by atoms with van der Waals surface area (Å²) >= 11 is 6.27. The molecule has 0 fully saturated rings. The number of nitrogens with zero attached hydrogens (tertiary/aromatic N) is 1. The van der Waals surface area contributed by atoms with Gasteiger partial charge >= 0.3 is 0 Å². The van der Waals surface area contributed by atoms with Crippen LogP contribution in [0.2, 0.25) is 5.02 Å². The van der Waals surface area contributed by atoms with Gasteiger partial charge in [0.25, 0.3) is 10.0 Å². The molecule has 3 aromatic rings. The number of sulfonamides is 1. The minimum atomic E-state index is -4.28. The van der Waals surface area contributed by atoms with Crippen molar-refractivity contribution >= 4 is 33.2 Å². The van der Waals surface area contributed by atoms with Gasteiger partial charge in [-0.15, -0.1) is 0 Å². The van der Waals surface area contributed by atoms with Gasteiger partial charge in [-0.25, -0.2) is 8.42 Å². The number of halogens is 1. The van der Waals surface area contributed by atoms with Gasteiger partial charge in [0.05, 0.1) is 38.0 Å². The number of rotatable bonds is 11. The average Bonchev–Trinajstić information content (AvgIpc) is 2.97. The monoisotopic (exact) mass is 586 g/mol. The molecule has 1 aliphatic rings. The molecule has 10 heteroatoms. The van der Waals surface area contributed by atoms with Gasteiger partial charge in [0.2, 0.25) is 5.91 Å². The Balaban J connectivity index is 1.69. The maximum absolute atomic E-state index is 14.1. The predicted octanol–water partition coefficient (Wildman–Crippen LogP) is 5.71. The second-order valence-corrected chi connectivity index (χ2v) is 11.9. The summed E-state index contributed by atoms with van der Waals surface area (Å²) in [5, 5.41) is 3.34. The van der Waals surface area contributed by atoms with Gasteiger partial charge in [-0.3, -0.25) is 9.10 Å². The molecule has 40 heavy (non-hydrogen) atoms. The van der Waals surface area contributed by atoms with E-state index in [1.54, 1.807) is 12.1 Å². The highest BCUT2D eigenvalue weighted by atomic mass is 35.5. The minimum absolute atomic E-state index is 0.0818. The van der Waals surface area contributed by atoms with Crippen LogP contribution < -0.4 is 23.8 Å². The van der Waals surface area contributed by atoms with Gasteiger partial charge in [-0.1, -0.05) is 36.7 Å². The van der Waals surface area contributed by atoms with E-state index in [0.29, 0.717) is 17.2 Å². The van der Waals surface area contributed by atoms with Crippen molar-refractivity contribution in [2.45, 2.75) is 50.0 Å². The summed E-state index contributed by atoms with van der Waals surface area (Å²) in [7, 11) is 0.0369. The van der Waals surface area contributed by atoms with Crippen LogP contribution >= 0.6 is 11.6 Å². The molecule has 8 nitrogen and oxygen atoms in total. The van der Waals surface area contributed by atoms with Crippen molar-refractivity contribution in [3.05, 3.63) is 76.3 Å². The van der Waals surface area contributed by atoms with E-state index >= 15 is 0 Å². The maximum Gasteiger partial charge on any atom is 0.265 e. The highest BCUT2D eigenvalue weighted by molar-refractivity contribution is 7.92. The minimum Gasteiger partial charge on any atom is -0.495 e. The molecule has 4 rings (SSSR count). The Morgan fingerprint density at radius 3 is 2.25 bits per heavy atom. The molecule has 0 heterocycles. The molecule has 1 amide bonds. The van der Waals surface area contributed by atoms with Crippen LogP contribution in [0, 0.1) is 0 Å². The van der Waals surface area contributed by atoms with Crippen LogP contribution in [0.1, 0.15) is 48.9 Å². The highest BCUT2D eigenvalue weighted by Crippen LogP contribution is 2.37. The lowest BCUT2D eigenvalue weighted by Crippen LogP contribution is -2.42. The quantitative estimate of drug-likeness (QED) is 0.309. The largest absolute Gasteiger partial charge is 0.495 e. The van der Waals surface area contributed by atoms with E-state index in [1.807, 2.05) is 6.92 Å². The lowest BCUT2D eigenvalue weighted by molar-refractivity contribution is -0.120. The Kier molecular flexibility index (Phi) is 9.48. The van der Waals surface area contributed by atoms with Crippen molar-refractivity contribution in [3.8, 4) is 17.2 Å². The third kappa shape index (κ3) is 6.31. The van der Waals surface area contributed by atoms with Crippen LogP contribution in [0.25, 0.3) is 0 Å². The molecule has 3 aromatic carbocycles. The first-order valence-corrected chi connectivity index (χ1v) is 15.0. The summed E-state index contributed by atoms with van der Waals surface area (Å²) in [5.41, 5.74) is 3.82. The van der Waals surface area contributed by atoms with Gasteiger partial charge in [-0.05, 0) is 79.1 Å². The van der Waals surface area contributed by atoms with E-state index in [0.717, 1.165) is 29.1 Å². The Morgan fingerprint density at radius 2 is 1.57 bits per heavy atom. The van der Waals surface area contributed by atoms with Crippen LogP contribution in [-0.2, 0) is 27.7 Å². The summed E-state index contributed by atoms with van der Waals surface area (Å²) in [6, 6.07) is 15.0. The fourth-order valence-electron chi connectivity index (χ4n) is 5.02. The molecular formula is C30H35ClN2O6S. The molecule has 0 saturated heterocycles. The fourth-order valence-corrected chi connectivity index (χ4v) is 6.63. The topological polar surface area (TPSA) is 94.2 Å². The van der Waals surface area contributed by atoms with E-state index in [2.05, 4.69) is 23.5 Å². The number of methoxy groups -OCH3 is 3. The first kappa shape index (κ1) is 29.6. The summed E-state index contributed by atoms with van der Waals surface area (Å²) in [5.74, 6) is 0.407. The van der Waals surface area contributed by atoms with Crippen molar-refractivity contribution in [1.82, 2.24) is 5.32 Å². The van der Waals surface area contributed by atoms with Crippen molar-refractivity contribution < 1.29 is 27.4 Å². The first-order chi connectivity index (χ1) is 19.2. The van der Waals surface area contributed by atoms with Crippen molar-refractivity contribution in [3.63, 3.8) is 0 Å². The van der Waals surface area contributed by atoms with Gasteiger partial charge in [0, 0.05) is 11.1 Å². The number of hydrogen-bond donors (Lipinski definition) is 1. The maximum atomic E-state index is 14.1. The Labute approximate surface area is 241 Å². The fraction of sp³-hybridized carbons (Fsp3) is 0.367. The standard InChI is InChI=1S/C30H35ClN2O6S/c1-5-25(22-11-10-20-8-6-7-9-21(20)16-22)32-30(34)19-33(26-17-23(31)12-14-27(26)37-2)40(35,36)24-13-15-28(38-3)29(18-24)39-4/h10-18,25H,5-9,19H2,1-4H3,(H,32,34)/t25-/m1/s1. The Morgan fingerprint density at radius 1 is 0.900 bits per heavy atom. The van der Waals surface area contributed by atoms with Crippen LogP contribution in [0.3, 0.4) is 0 Å². The van der Waals surface area contributed by atoms with Crippen molar-refractivity contribution in [2.24, 2.45) is 0 Å². The summed E-state index contributed by atoms with van der Waals surface area (Å²) in [4.78, 5) is 13.4. The Hall–Kier alpha value is -3.43. The third-order valence-electron chi connectivity index (χ3n) is 7.16. The zero-order valence-corrected chi connectivity index (χ0v) is 24.8. The number of ether oxygens (including phenoxy) is 3. The molecule has 0 unspecified atom stereocenters. The average molecular weight is 587 g/mol. The van der Waals surface area contributed by atoms with E-state index in [4.69, 9.17) is 25.8 Å². The lowest BCUT2D eigenvalue weighted by atomic mass is 9.89. The van der Waals surface area contributed by atoms with E-state index in [1.165, 1.54) is 63.1 Å². The second kappa shape index (κ2) is 12.8. The number of benzene rings is 3. The van der Waals surface area contributed by atoms with Gasteiger partial charge in [-0.2, -0.15) is 0 Å². The van der Waals surface area contributed by atoms with Crippen LogP contribution in [-0.4, -0.2) is 42.2 Å². The molecule has 1 atom stereocenters. The molecule has 0 aliphatic heterocycles. The zero-order valence-electron chi connectivity index (χ0n) is 23.2. The van der Waals surface area contributed by atoms with E-state index in [-0.39, 0.29) is 28.1 Å². The lowest BCUT2D eigenvalue weighted by Gasteiger charge is -2.27. The number of hydrogen-bond acceptors (Lipinski definition) is 6. The first-order valence-electron chi connectivity index (χ1n) is 13.2. The van der Waals surface area contributed by atoms with Crippen LogP contribution in [0.4, 0.5) is 5.69 Å². The molecule has 214 valence electrons. The molecule has 1 aliphatic carbocycles. The van der Waals surface area contributed by atoms with Gasteiger partial charge in [0.1, 0.15) is 12.3 Å². The Bertz CT molecular complexity index is 1480. The smallest absolute Gasteiger partial charge is 0.265 e. The summed E-state index contributed by atoms with van der Waals surface area (Å²) in [6.45, 7) is 1.50. The third-order valence-corrected chi connectivity index (χ3v) is 9.15. The second-order valence-electron chi connectivity index (χ2n) is 9.61. The van der Waals surface area contributed by atoms with Crippen molar-refractivity contribution in [1.29, 1.82) is 0 Å². The number of aryl methyl sites for hydroxylation is 2. The highest BCUT2D eigenvalue weighted by Gasteiger charge is 2.31. The predicted molar refractivity (Wildman–Crippen MR) is 156 cm³/mol. The number of fused-ring (bicyclic) bond motifs is 1.